The molecule has 0 aliphatic heterocycles. The molecule has 1 aromatic heterocycles. The molecule has 4 N–H and O–H groups in total. The van der Waals surface area contributed by atoms with Crippen LogP contribution in [0.2, 0.25) is 0 Å². The number of hydrogen-bond donors (Lipinski definition) is 3. The summed E-state index contributed by atoms with van der Waals surface area (Å²) in [4.78, 5) is 13.7. The molecule has 1 heterocycles. The van der Waals surface area contributed by atoms with Gasteiger partial charge in [-0.1, -0.05) is 18.2 Å². The maximum absolute atomic E-state index is 10.6. The number of carboxylic acid groups (broad SMARTS) is 1. The number of nitrogens with one attached hydrogen (secondary N) is 1. The Morgan fingerprint density at radius 3 is 2.93 bits per heavy atom. The lowest BCUT2D eigenvalue weighted by molar-refractivity contribution is -0.138. The Bertz CT molecular complexity index is 490. The number of carboxylic acids is 1. The molecule has 15 heavy (non-hydrogen) atoms. The van der Waals surface area contributed by atoms with Gasteiger partial charge in [0.1, 0.15) is 6.04 Å². The SMILES string of the molecule is N[C@@H]([13CH2]c1[13cH][nH][13c]2ccc[13cH]c12)C(=O)O. The van der Waals surface area contributed by atoms with E-state index in [1.54, 1.807) is 0 Å². The summed E-state index contributed by atoms with van der Waals surface area (Å²) in [7, 11) is 0. The van der Waals surface area contributed by atoms with Crippen molar-refractivity contribution < 1.29 is 9.90 Å². The first-order chi connectivity index (χ1) is 7.18. The van der Waals surface area contributed by atoms with Gasteiger partial charge in [0.15, 0.2) is 0 Å². The van der Waals surface area contributed by atoms with Crippen molar-refractivity contribution in [2.24, 2.45) is 5.73 Å². The van der Waals surface area contributed by atoms with Crippen molar-refractivity contribution in [2.75, 3.05) is 0 Å². The van der Waals surface area contributed by atoms with Crippen molar-refractivity contribution in [1.29, 1.82) is 0 Å². The highest BCUT2D eigenvalue weighted by molar-refractivity contribution is 5.84. The number of H-pyrrole nitrogens is 1. The first-order valence-electron chi connectivity index (χ1n) is 4.72. The molecular weight excluding hydrogens is 196 g/mol. The van der Waals surface area contributed by atoms with E-state index in [1.807, 2.05) is 30.5 Å². The van der Waals surface area contributed by atoms with Gasteiger partial charge in [-0.2, -0.15) is 0 Å². The number of aromatic amines is 1. The van der Waals surface area contributed by atoms with Gasteiger partial charge in [-0.3, -0.25) is 4.79 Å². The van der Waals surface area contributed by atoms with Crippen LogP contribution >= 0.6 is 0 Å². The second-order valence-electron chi connectivity index (χ2n) is 3.51. The van der Waals surface area contributed by atoms with Crippen LogP contribution < -0.4 is 5.73 Å². The van der Waals surface area contributed by atoms with E-state index in [-0.39, 0.29) is 0 Å². The third kappa shape index (κ3) is 1.85. The zero-order valence-electron chi connectivity index (χ0n) is 8.10. The largest absolute Gasteiger partial charge is 0.480 e. The predicted molar refractivity (Wildman–Crippen MR) is 57.6 cm³/mol. The van der Waals surface area contributed by atoms with Crippen LogP contribution in [0.25, 0.3) is 10.9 Å². The lowest BCUT2D eigenvalue weighted by atomic mass is 10.3. The van der Waals surface area contributed by atoms with E-state index in [2.05, 4.69) is 4.98 Å². The predicted octanol–water partition coefficient (Wildman–Crippen LogP) is 1.12. The Balaban J connectivity index is 2.32. The van der Waals surface area contributed by atoms with E-state index in [0.717, 1.165) is 16.5 Å². The number of para-hydroxylation sites is 1. The average molecular weight is 208 g/mol. The Labute approximate surface area is 86.7 Å². The molecule has 0 radical (unpaired) electrons. The van der Waals surface area contributed by atoms with Crippen LogP contribution in [0.1, 0.15) is 5.56 Å². The minimum Gasteiger partial charge on any atom is -0.480 e. The Morgan fingerprint density at radius 1 is 1.47 bits per heavy atom. The molecule has 0 amide bonds. The second kappa shape index (κ2) is 3.74. The molecule has 0 saturated heterocycles. The fraction of sp³-hybridized carbons (Fsp3) is 0.182. The van der Waals surface area contributed by atoms with Gasteiger partial charge in [0, 0.05) is 23.5 Å². The summed E-state index contributed by atoms with van der Waals surface area (Å²) in [6.07, 6.45) is 2.16. The van der Waals surface area contributed by atoms with Gasteiger partial charge in [-0.05, 0) is 11.6 Å². The molecule has 0 saturated carbocycles. The van der Waals surface area contributed by atoms with Gasteiger partial charge >= 0.3 is 5.97 Å². The molecule has 1 atom stereocenters. The third-order valence-electron chi connectivity index (χ3n) is 2.43. The summed E-state index contributed by atoms with van der Waals surface area (Å²) in [6, 6.07) is 6.91. The quantitative estimate of drug-likeness (QED) is 0.661. The molecule has 0 aliphatic carbocycles. The molecule has 4 nitrogen and oxygen atoms in total. The molecule has 2 rings (SSSR count). The first-order valence-corrected chi connectivity index (χ1v) is 4.72. The van der Waals surface area contributed by atoms with Crippen molar-refractivity contribution in [2.45, 2.75) is 12.5 Å². The molecule has 78 valence electrons. The van der Waals surface area contributed by atoms with Crippen molar-refractivity contribution in [3.63, 3.8) is 0 Å². The van der Waals surface area contributed by atoms with Crippen LogP contribution in [0.15, 0.2) is 30.5 Å². The van der Waals surface area contributed by atoms with Crippen molar-refractivity contribution >= 4 is 16.9 Å². The maximum Gasteiger partial charge on any atom is 0.320 e. The summed E-state index contributed by atoms with van der Waals surface area (Å²) >= 11 is 0. The average Bonchev–Trinajstić information content (AvgIpc) is 2.62. The molecule has 4 heteroatoms. The van der Waals surface area contributed by atoms with E-state index in [9.17, 15) is 4.79 Å². The maximum atomic E-state index is 10.6. The minimum absolute atomic E-state index is 0.347. The monoisotopic (exact) mass is 208 g/mol. The zero-order valence-corrected chi connectivity index (χ0v) is 8.10. The van der Waals surface area contributed by atoms with Crippen LogP contribution in [-0.4, -0.2) is 22.1 Å². The highest BCUT2D eigenvalue weighted by Crippen LogP contribution is 2.18. The number of aromatic nitrogens is 1. The van der Waals surface area contributed by atoms with E-state index in [4.69, 9.17) is 10.8 Å². The van der Waals surface area contributed by atoms with Gasteiger partial charge in [0.2, 0.25) is 0 Å². The fourth-order valence-electron chi connectivity index (χ4n) is 1.62. The molecule has 0 bridgehead atoms. The second-order valence-corrected chi connectivity index (χ2v) is 3.51. The zero-order chi connectivity index (χ0) is 10.8. The summed E-state index contributed by atoms with van der Waals surface area (Å²) in [5, 5.41) is 9.75. The van der Waals surface area contributed by atoms with Crippen LogP contribution in [0.5, 0.6) is 0 Å². The normalized spacial score (nSPS) is 12.9. The fourth-order valence-corrected chi connectivity index (χ4v) is 1.62. The Morgan fingerprint density at radius 2 is 2.20 bits per heavy atom. The van der Waals surface area contributed by atoms with E-state index in [0.29, 0.717) is 6.42 Å². The van der Waals surface area contributed by atoms with Gasteiger partial charge in [0.25, 0.3) is 0 Å². The lowest BCUT2D eigenvalue weighted by Crippen LogP contribution is -2.32. The number of nitrogens with two attached hydrogens (primary N) is 1. The van der Waals surface area contributed by atoms with Crippen LogP contribution in [0.3, 0.4) is 0 Å². The van der Waals surface area contributed by atoms with E-state index in [1.165, 1.54) is 0 Å². The van der Waals surface area contributed by atoms with Crippen LogP contribution in [0, 0.1) is 0 Å². The van der Waals surface area contributed by atoms with Crippen molar-refractivity contribution in [3.8, 4) is 0 Å². The van der Waals surface area contributed by atoms with E-state index >= 15 is 0 Å². The number of rotatable bonds is 3. The summed E-state index contributed by atoms with van der Waals surface area (Å²) < 4.78 is 0. The highest BCUT2D eigenvalue weighted by Gasteiger charge is 2.14. The topological polar surface area (TPSA) is 79.1 Å². The number of aliphatic carboxylic acids is 1. The van der Waals surface area contributed by atoms with Gasteiger partial charge in [-0.15, -0.1) is 0 Å². The number of fused-ring (bicyclic) bond motifs is 1. The van der Waals surface area contributed by atoms with Gasteiger partial charge < -0.3 is 15.8 Å². The molecular formula is C11H12N2O2. The summed E-state index contributed by atoms with van der Waals surface area (Å²) in [5.41, 5.74) is 7.43. The number of carbonyl (C=O) groups is 1. The summed E-state index contributed by atoms with van der Waals surface area (Å²) in [6.45, 7) is 0. The number of hydrogen-bond acceptors (Lipinski definition) is 2. The lowest BCUT2D eigenvalue weighted by Gasteiger charge is -2.04. The molecule has 1 aromatic carbocycles. The third-order valence-corrected chi connectivity index (χ3v) is 2.43. The summed E-state index contributed by atoms with van der Waals surface area (Å²) in [5.74, 6) is -0.972. The smallest absolute Gasteiger partial charge is 0.320 e. The van der Waals surface area contributed by atoms with Crippen LogP contribution in [-0.2, 0) is 11.2 Å². The highest BCUT2D eigenvalue weighted by atomic mass is 16.4. The van der Waals surface area contributed by atoms with Gasteiger partial charge in [0.05, 0.1) is 0 Å². The van der Waals surface area contributed by atoms with Crippen molar-refractivity contribution in [3.05, 3.63) is 36.0 Å². The molecule has 0 aliphatic rings. The molecule has 0 fully saturated rings. The van der Waals surface area contributed by atoms with Crippen LogP contribution in [0.4, 0.5) is 0 Å². The van der Waals surface area contributed by atoms with Gasteiger partial charge in [-0.25, -0.2) is 0 Å². The molecule has 0 spiro atoms. The van der Waals surface area contributed by atoms with E-state index < -0.39 is 12.0 Å². The Kier molecular flexibility index (Phi) is 2.43. The number of benzene rings is 1. The standard InChI is InChI=1S/C11H12N2O2/c12-9(11(14)15)5-7-6-13-10-4-2-1-3-8(7)10/h1-4,6,9,13H,5,12H2,(H,14,15)/t9-/m0/s1/i3+1,5+1,6+1,10+1. The molecule has 2 aromatic rings. The molecule has 0 unspecified atom stereocenters. The first kappa shape index (κ1) is 9.73. The minimum atomic E-state index is -0.972. The Hall–Kier alpha value is -1.81. The van der Waals surface area contributed by atoms with Crippen molar-refractivity contribution in [1.82, 2.24) is 4.98 Å².